The summed E-state index contributed by atoms with van der Waals surface area (Å²) in [6.45, 7) is 3.81. The van der Waals surface area contributed by atoms with Gasteiger partial charge in [-0.3, -0.25) is 4.79 Å². The summed E-state index contributed by atoms with van der Waals surface area (Å²) in [5, 5.41) is 6.65. The molecule has 0 spiro atoms. The van der Waals surface area contributed by atoms with Gasteiger partial charge < -0.3 is 20.1 Å². The van der Waals surface area contributed by atoms with Gasteiger partial charge in [-0.1, -0.05) is 41.9 Å². The lowest BCUT2D eigenvalue weighted by Crippen LogP contribution is -2.42. The molecule has 0 aliphatic heterocycles. The molecule has 0 aromatic heterocycles. The molecule has 2 N–H and O–H groups in total. The highest BCUT2D eigenvalue weighted by molar-refractivity contribution is 6.32. The molecule has 0 saturated carbocycles. The van der Waals surface area contributed by atoms with Crippen LogP contribution in [0.25, 0.3) is 0 Å². The van der Waals surface area contributed by atoms with E-state index in [-0.39, 0.29) is 11.9 Å². The Bertz CT molecular complexity index is 753. The zero-order valence-corrected chi connectivity index (χ0v) is 17.0. The molecule has 0 radical (unpaired) electrons. The van der Waals surface area contributed by atoms with E-state index in [9.17, 15) is 4.79 Å². The van der Waals surface area contributed by atoms with Crippen LogP contribution >= 0.6 is 11.6 Å². The van der Waals surface area contributed by atoms with Crippen molar-refractivity contribution in [2.24, 2.45) is 0 Å². The van der Waals surface area contributed by atoms with E-state index < -0.39 is 6.04 Å². The van der Waals surface area contributed by atoms with Gasteiger partial charge in [-0.25, -0.2) is 0 Å². The van der Waals surface area contributed by atoms with E-state index in [2.05, 4.69) is 22.8 Å². The summed E-state index contributed by atoms with van der Waals surface area (Å²) >= 11 is 6.18. The topological polar surface area (TPSA) is 59.6 Å². The fourth-order valence-corrected chi connectivity index (χ4v) is 2.98. The summed E-state index contributed by atoms with van der Waals surface area (Å²) in [6.07, 6.45) is 1.80. The minimum Gasteiger partial charge on any atom is -0.495 e. The van der Waals surface area contributed by atoms with Crippen molar-refractivity contribution in [1.82, 2.24) is 5.32 Å². The summed E-state index contributed by atoms with van der Waals surface area (Å²) in [4.78, 5) is 12.5. The van der Waals surface area contributed by atoms with E-state index in [0.29, 0.717) is 22.2 Å². The lowest BCUT2D eigenvalue weighted by atomic mass is 10.1. The number of nitrogens with one attached hydrogen (secondary N) is 2. The fourth-order valence-electron chi connectivity index (χ4n) is 2.74. The highest BCUT2D eigenvalue weighted by Crippen LogP contribution is 2.36. The molecule has 0 heterocycles. The first-order valence-corrected chi connectivity index (χ1v) is 9.34. The Morgan fingerprint density at radius 3 is 2.37 bits per heavy atom. The van der Waals surface area contributed by atoms with Gasteiger partial charge in [-0.15, -0.1) is 0 Å². The fraction of sp³-hybridized carbons (Fsp3) is 0.381. The highest BCUT2D eigenvalue weighted by Gasteiger charge is 2.18. The number of ether oxygens (including phenoxy) is 2. The molecule has 2 atom stereocenters. The van der Waals surface area contributed by atoms with Crippen molar-refractivity contribution in [1.29, 1.82) is 0 Å². The van der Waals surface area contributed by atoms with Gasteiger partial charge in [-0.05, 0) is 38.3 Å². The van der Waals surface area contributed by atoms with Gasteiger partial charge >= 0.3 is 0 Å². The van der Waals surface area contributed by atoms with Gasteiger partial charge in [0.25, 0.3) is 0 Å². The summed E-state index contributed by atoms with van der Waals surface area (Å²) in [7, 11) is 3.10. The summed E-state index contributed by atoms with van der Waals surface area (Å²) in [5.74, 6) is 1.00. The molecule has 27 heavy (non-hydrogen) atoms. The van der Waals surface area contributed by atoms with Crippen molar-refractivity contribution in [2.75, 3.05) is 19.5 Å². The van der Waals surface area contributed by atoms with Crippen LogP contribution in [-0.4, -0.2) is 32.2 Å². The van der Waals surface area contributed by atoms with Crippen LogP contribution in [0.2, 0.25) is 5.02 Å². The molecule has 6 heteroatoms. The molecule has 146 valence electrons. The van der Waals surface area contributed by atoms with Crippen LogP contribution in [0.5, 0.6) is 11.5 Å². The number of anilines is 1. The zero-order valence-electron chi connectivity index (χ0n) is 16.2. The standard InChI is InChI=1S/C21H27ClN2O3/c1-14(10-11-16-8-6-5-7-9-16)23-21(25)15(2)24-18-12-17(22)19(26-3)13-20(18)27-4/h5-9,12-15,24H,10-11H2,1-4H3,(H,23,25)/t14-,15+/m0/s1. The lowest BCUT2D eigenvalue weighted by Gasteiger charge is -2.21. The number of carbonyl (C=O) groups excluding carboxylic acids is 1. The van der Waals surface area contributed by atoms with E-state index in [1.165, 1.54) is 5.56 Å². The first kappa shape index (κ1) is 20.9. The molecule has 0 aliphatic carbocycles. The van der Waals surface area contributed by atoms with E-state index >= 15 is 0 Å². The van der Waals surface area contributed by atoms with E-state index in [0.717, 1.165) is 12.8 Å². The second kappa shape index (κ2) is 10.1. The Morgan fingerprint density at radius 2 is 1.74 bits per heavy atom. The maximum Gasteiger partial charge on any atom is 0.242 e. The molecule has 0 saturated heterocycles. The molecule has 0 fully saturated rings. The number of rotatable bonds is 9. The molecule has 5 nitrogen and oxygen atoms in total. The minimum atomic E-state index is -0.442. The van der Waals surface area contributed by atoms with E-state index in [4.69, 9.17) is 21.1 Å². The number of benzene rings is 2. The van der Waals surface area contributed by atoms with Crippen LogP contribution in [-0.2, 0) is 11.2 Å². The van der Waals surface area contributed by atoms with Crippen LogP contribution < -0.4 is 20.1 Å². The van der Waals surface area contributed by atoms with Crippen LogP contribution in [0, 0.1) is 0 Å². The molecule has 2 aromatic carbocycles. The minimum absolute atomic E-state index is 0.0725. The predicted octanol–water partition coefficient (Wildman–Crippen LogP) is 4.30. The van der Waals surface area contributed by atoms with E-state index in [1.54, 1.807) is 33.3 Å². The van der Waals surface area contributed by atoms with Gasteiger partial charge in [0.1, 0.15) is 17.5 Å². The molecule has 2 aromatic rings. The average molecular weight is 391 g/mol. The number of carbonyl (C=O) groups is 1. The third-order valence-corrected chi connectivity index (χ3v) is 4.63. The van der Waals surface area contributed by atoms with Gasteiger partial charge in [-0.2, -0.15) is 0 Å². The van der Waals surface area contributed by atoms with E-state index in [1.807, 2.05) is 25.1 Å². The van der Waals surface area contributed by atoms with Crippen molar-refractivity contribution < 1.29 is 14.3 Å². The van der Waals surface area contributed by atoms with Gasteiger partial charge in [0.2, 0.25) is 5.91 Å². The Kier molecular flexibility index (Phi) is 7.80. The average Bonchev–Trinajstić information content (AvgIpc) is 2.67. The third kappa shape index (κ3) is 6.07. The van der Waals surface area contributed by atoms with Crippen molar-refractivity contribution in [2.45, 2.75) is 38.8 Å². The number of amides is 1. The maximum atomic E-state index is 12.5. The van der Waals surface area contributed by atoms with Crippen molar-refractivity contribution >= 4 is 23.2 Å². The van der Waals surface area contributed by atoms with Gasteiger partial charge in [0, 0.05) is 12.1 Å². The largest absolute Gasteiger partial charge is 0.495 e. The number of halogens is 1. The Balaban J connectivity index is 1.92. The number of aryl methyl sites for hydroxylation is 1. The first-order chi connectivity index (χ1) is 12.9. The number of hydrogen-bond acceptors (Lipinski definition) is 4. The molecule has 0 bridgehead atoms. The van der Waals surface area contributed by atoms with Crippen molar-refractivity contribution in [3.63, 3.8) is 0 Å². The quantitative estimate of drug-likeness (QED) is 0.670. The lowest BCUT2D eigenvalue weighted by molar-refractivity contribution is -0.122. The third-order valence-electron chi connectivity index (χ3n) is 4.34. The summed E-state index contributed by atoms with van der Waals surface area (Å²) in [6, 6.07) is 13.3. The van der Waals surface area contributed by atoms with Gasteiger partial charge in [0.15, 0.2) is 0 Å². The van der Waals surface area contributed by atoms with Crippen LogP contribution in [0.4, 0.5) is 5.69 Å². The highest BCUT2D eigenvalue weighted by atomic mass is 35.5. The molecular weight excluding hydrogens is 364 g/mol. The second-order valence-electron chi connectivity index (χ2n) is 6.49. The number of hydrogen-bond donors (Lipinski definition) is 2. The SMILES string of the molecule is COc1cc(OC)c(N[C@H](C)C(=O)N[C@@H](C)CCc2ccccc2)cc1Cl. The number of methoxy groups -OCH3 is 2. The smallest absolute Gasteiger partial charge is 0.242 e. The van der Waals surface area contributed by atoms with Crippen LogP contribution in [0.1, 0.15) is 25.8 Å². The molecule has 2 rings (SSSR count). The van der Waals surface area contributed by atoms with Crippen molar-refractivity contribution in [3.05, 3.63) is 53.1 Å². The van der Waals surface area contributed by atoms with Crippen LogP contribution in [0.15, 0.2) is 42.5 Å². The van der Waals surface area contributed by atoms with Gasteiger partial charge in [0.05, 0.1) is 24.9 Å². The van der Waals surface area contributed by atoms with Crippen molar-refractivity contribution in [3.8, 4) is 11.5 Å². The predicted molar refractivity (Wildman–Crippen MR) is 110 cm³/mol. The Labute approximate surface area is 166 Å². The second-order valence-corrected chi connectivity index (χ2v) is 6.89. The molecule has 0 unspecified atom stereocenters. The summed E-state index contributed by atoms with van der Waals surface area (Å²) < 4.78 is 10.6. The monoisotopic (exact) mass is 390 g/mol. The maximum absolute atomic E-state index is 12.5. The molecule has 0 aliphatic rings. The Morgan fingerprint density at radius 1 is 1.07 bits per heavy atom. The zero-order chi connectivity index (χ0) is 19.8. The summed E-state index contributed by atoms with van der Waals surface area (Å²) in [5.41, 5.74) is 1.91. The molecule has 1 amide bonds. The Hall–Kier alpha value is -2.40. The molecular formula is C21H27ClN2O3. The van der Waals surface area contributed by atoms with Crippen LogP contribution in [0.3, 0.4) is 0 Å². The normalized spacial score (nSPS) is 12.8. The first-order valence-electron chi connectivity index (χ1n) is 8.97.